The van der Waals surface area contributed by atoms with Crippen LogP contribution in [0.4, 0.5) is 0 Å². The Balaban J connectivity index is 1.92. The van der Waals surface area contributed by atoms with Crippen LogP contribution in [0.5, 0.6) is 5.88 Å². The maximum Gasteiger partial charge on any atom is 0.213 e. The second-order valence-electron chi connectivity index (χ2n) is 4.15. The molecular weight excluding hydrogens is 178 g/mol. The van der Waals surface area contributed by atoms with E-state index in [-0.39, 0.29) is 0 Å². The smallest absolute Gasteiger partial charge is 0.213 e. The fourth-order valence-corrected chi connectivity index (χ4v) is 1.15. The average Bonchev–Trinajstić information content (AvgIpc) is 2.95. The number of aldehydes is 1. The van der Waals surface area contributed by atoms with E-state index in [2.05, 4.69) is 11.9 Å². The second-order valence-corrected chi connectivity index (χ2v) is 4.15. The molecule has 1 aromatic heterocycles. The van der Waals surface area contributed by atoms with Gasteiger partial charge in [0.05, 0.1) is 6.61 Å². The molecule has 0 aromatic carbocycles. The predicted molar refractivity (Wildman–Crippen MR) is 52.5 cm³/mol. The van der Waals surface area contributed by atoms with E-state index in [1.165, 1.54) is 19.0 Å². The standard InChI is InChI=1S/C11H13NO2/c1-11(4-5-11)8-14-10-3-2-9(7-13)6-12-10/h2-3,6-7H,4-5,8H2,1H3. The molecule has 74 valence electrons. The maximum absolute atomic E-state index is 10.4. The molecule has 0 amide bonds. The van der Waals surface area contributed by atoms with Gasteiger partial charge in [0, 0.05) is 23.2 Å². The first-order valence-corrected chi connectivity index (χ1v) is 4.76. The van der Waals surface area contributed by atoms with Gasteiger partial charge in [-0.3, -0.25) is 4.79 Å². The van der Waals surface area contributed by atoms with E-state index in [0.29, 0.717) is 16.9 Å². The number of ether oxygens (including phenoxy) is 1. The summed E-state index contributed by atoms with van der Waals surface area (Å²) in [5.41, 5.74) is 0.945. The van der Waals surface area contributed by atoms with Gasteiger partial charge >= 0.3 is 0 Å². The molecule has 3 nitrogen and oxygen atoms in total. The van der Waals surface area contributed by atoms with E-state index in [9.17, 15) is 4.79 Å². The van der Waals surface area contributed by atoms with Gasteiger partial charge in [-0.2, -0.15) is 0 Å². The minimum atomic E-state index is 0.366. The van der Waals surface area contributed by atoms with E-state index >= 15 is 0 Å². The van der Waals surface area contributed by atoms with Gasteiger partial charge in [-0.05, 0) is 18.9 Å². The summed E-state index contributed by atoms with van der Waals surface area (Å²) in [6.45, 7) is 2.92. The lowest BCUT2D eigenvalue weighted by Crippen LogP contribution is -2.09. The Labute approximate surface area is 83.1 Å². The molecule has 1 fully saturated rings. The summed E-state index contributed by atoms with van der Waals surface area (Å²) in [5, 5.41) is 0. The number of nitrogens with zero attached hydrogens (tertiary/aromatic N) is 1. The van der Waals surface area contributed by atoms with E-state index in [1.807, 2.05) is 0 Å². The van der Waals surface area contributed by atoms with Crippen LogP contribution in [-0.2, 0) is 0 Å². The third-order valence-electron chi connectivity index (χ3n) is 2.57. The van der Waals surface area contributed by atoms with E-state index in [0.717, 1.165) is 12.9 Å². The molecule has 0 N–H and O–H groups in total. The lowest BCUT2D eigenvalue weighted by atomic mass is 10.2. The Morgan fingerprint density at radius 1 is 1.57 bits per heavy atom. The highest BCUT2D eigenvalue weighted by atomic mass is 16.5. The molecule has 1 aliphatic rings. The Kier molecular flexibility index (Phi) is 2.23. The minimum absolute atomic E-state index is 0.366. The monoisotopic (exact) mass is 191 g/mol. The third-order valence-corrected chi connectivity index (χ3v) is 2.57. The van der Waals surface area contributed by atoms with E-state index in [4.69, 9.17) is 4.74 Å². The molecule has 0 saturated heterocycles. The summed E-state index contributed by atoms with van der Waals surface area (Å²) >= 11 is 0. The van der Waals surface area contributed by atoms with Crippen molar-refractivity contribution in [3.63, 3.8) is 0 Å². The van der Waals surface area contributed by atoms with Crippen LogP contribution in [0.1, 0.15) is 30.1 Å². The van der Waals surface area contributed by atoms with Crippen molar-refractivity contribution in [2.45, 2.75) is 19.8 Å². The molecule has 1 saturated carbocycles. The molecule has 0 atom stereocenters. The number of carbonyl (C=O) groups excluding carboxylic acids is 1. The summed E-state index contributed by atoms with van der Waals surface area (Å²) in [7, 11) is 0. The van der Waals surface area contributed by atoms with Crippen LogP contribution >= 0.6 is 0 Å². The third kappa shape index (κ3) is 2.10. The van der Waals surface area contributed by atoms with Crippen molar-refractivity contribution in [3.8, 4) is 5.88 Å². The maximum atomic E-state index is 10.4. The van der Waals surface area contributed by atoms with Gasteiger partial charge in [0.25, 0.3) is 0 Å². The lowest BCUT2D eigenvalue weighted by molar-refractivity contribution is 0.112. The van der Waals surface area contributed by atoms with Crippen LogP contribution in [0.25, 0.3) is 0 Å². The van der Waals surface area contributed by atoms with Crippen LogP contribution in [-0.4, -0.2) is 17.9 Å². The van der Waals surface area contributed by atoms with Crippen molar-refractivity contribution in [1.82, 2.24) is 4.98 Å². The van der Waals surface area contributed by atoms with Crippen molar-refractivity contribution in [2.24, 2.45) is 5.41 Å². The molecule has 0 bridgehead atoms. The van der Waals surface area contributed by atoms with Gasteiger partial charge in [-0.25, -0.2) is 4.98 Å². The van der Waals surface area contributed by atoms with Crippen molar-refractivity contribution in [1.29, 1.82) is 0 Å². The highest BCUT2D eigenvalue weighted by Crippen LogP contribution is 2.44. The second kappa shape index (κ2) is 3.40. The number of aromatic nitrogens is 1. The number of hydrogen-bond donors (Lipinski definition) is 0. The van der Waals surface area contributed by atoms with Crippen LogP contribution in [0.2, 0.25) is 0 Å². The molecule has 2 rings (SSSR count). The Morgan fingerprint density at radius 3 is 2.86 bits per heavy atom. The molecule has 1 heterocycles. The van der Waals surface area contributed by atoms with Gasteiger partial charge < -0.3 is 4.74 Å². The summed E-state index contributed by atoms with van der Waals surface area (Å²) < 4.78 is 5.51. The van der Waals surface area contributed by atoms with Crippen LogP contribution in [0.3, 0.4) is 0 Å². The molecule has 0 spiro atoms. The number of rotatable bonds is 4. The van der Waals surface area contributed by atoms with Gasteiger partial charge in [-0.15, -0.1) is 0 Å². The van der Waals surface area contributed by atoms with E-state index in [1.54, 1.807) is 12.1 Å². The zero-order chi connectivity index (χ0) is 10.0. The largest absolute Gasteiger partial charge is 0.477 e. The molecule has 0 aliphatic heterocycles. The molecule has 14 heavy (non-hydrogen) atoms. The summed E-state index contributed by atoms with van der Waals surface area (Å²) in [4.78, 5) is 14.4. The summed E-state index contributed by atoms with van der Waals surface area (Å²) in [6.07, 6.45) is 4.77. The van der Waals surface area contributed by atoms with Gasteiger partial charge in [0.15, 0.2) is 6.29 Å². The zero-order valence-electron chi connectivity index (χ0n) is 8.19. The normalized spacial score (nSPS) is 17.5. The Hall–Kier alpha value is -1.38. The molecule has 0 radical (unpaired) electrons. The van der Waals surface area contributed by atoms with Crippen LogP contribution < -0.4 is 4.74 Å². The minimum Gasteiger partial charge on any atom is -0.477 e. The molecule has 3 heteroatoms. The summed E-state index contributed by atoms with van der Waals surface area (Å²) in [6, 6.07) is 3.44. The van der Waals surface area contributed by atoms with Gasteiger partial charge in [-0.1, -0.05) is 6.92 Å². The Morgan fingerprint density at radius 2 is 2.36 bits per heavy atom. The lowest BCUT2D eigenvalue weighted by Gasteiger charge is -2.09. The molecule has 1 aromatic rings. The first-order valence-electron chi connectivity index (χ1n) is 4.76. The fourth-order valence-electron chi connectivity index (χ4n) is 1.15. The van der Waals surface area contributed by atoms with Crippen LogP contribution in [0, 0.1) is 5.41 Å². The summed E-state index contributed by atoms with van der Waals surface area (Å²) in [5.74, 6) is 0.601. The first-order chi connectivity index (χ1) is 6.72. The van der Waals surface area contributed by atoms with Gasteiger partial charge in [0.1, 0.15) is 0 Å². The average molecular weight is 191 g/mol. The number of hydrogen-bond acceptors (Lipinski definition) is 3. The predicted octanol–water partition coefficient (Wildman–Crippen LogP) is 2.07. The molecule has 0 unspecified atom stereocenters. The SMILES string of the molecule is CC1(COc2ccc(C=O)cn2)CC1. The van der Waals surface area contributed by atoms with Crippen molar-refractivity contribution >= 4 is 6.29 Å². The Bertz CT molecular complexity index is 328. The van der Waals surface area contributed by atoms with Crippen molar-refractivity contribution < 1.29 is 9.53 Å². The topological polar surface area (TPSA) is 39.2 Å². The van der Waals surface area contributed by atoms with Crippen molar-refractivity contribution in [3.05, 3.63) is 23.9 Å². The fraction of sp³-hybridized carbons (Fsp3) is 0.455. The first kappa shape index (κ1) is 9.19. The highest BCUT2D eigenvalue weighted by Gasteiger charge is 2.38. The van der Waals surface area contributed by atoms with E-state index < -0.39 is 0 Å². The number of carbonyl (C=O) groups is 1. The van der Waals surface area contributed by atoms with Gasteiger partial charge in [0.2, 0.25) is 5.88 Å². The van der Waals surface area contributed by atoms with Crippen LogP contribution in [0.15, 0.2) is 18.3 Å². The highest BCUT2D eigenvalue weighted by molar-refractivity contribution is 5.73. The zero-order valence-corrected chi connectivity index (χ0v) is 8.19. The van der Waals surface area contributed by atoms with Crippen molar-refractivity contribution in [2.75, 3.05) is 6.61 Å². The molecule has 1 aliphatic carbocycles. The molecular formula is C11H13NO2. The quantitative estimate of drug-likeness (QED) is 0.684. The number of pyridine rings is 1.